The summed E-state index contributed by atoms with van der Waals surface area (Å²) in [5.74, 6) is 3.31. The van der Waals surface area contributed by atoms with E-state index in [4.69, 9.17) is 0 Å². The Kier molecular flexibility index (Phi) is 3.74. The highest BCUT2D eigenvalue weighted by Crippen LogP contribution is 2.42. The molecular formula is C18H22N2OS. The number of carbonyl (C=O) groups is 1. The Bertz CT molecular complexity index is 708. The molecule has 2 N–H and O–H groups in total. The minimum atomic E-state index is 0.283. The Morgan fingerprint density at radius 3 is 3.18 bits per heavy atom. The Labute approximate surface area is 135 Å². The molecule has 0 amide bonds. The first kappa shape index (κ1) is 14.3. The largest absolute Gasteiger partial charge is 0.361 e. The second-order valence-corrected chi connectivity index (χ2v) is 7.76. The molecule has 116 valence electrons. The van der Waals surface area contributed by atoms with Crippen LogP contribution < -0.4 is 5.32 Å². The van der Waals surface area contributed by atoms with Crippen molar-refractivity contribution < 1.29 is 4.79 Å². The van der Waals surface area contributed by atoms with E-state index in [1.807, 2.05) is 0 Å². The molecule has 4 rings (SSSR count). The summed E-state index contributed by atoms with van der Waals surface area (Å²) in [5, 5.41) is 5.23. The van der Waals surface area contributed by atoms with Crippen LogP contribution in [0.4, 0.5) is 0 Å². The van der Waals surface area contributed by atoms with Crippen LogP contribution in [0.15, 0.2) is 24.4 Å². The fourth-order valence-electron chi connectivity index (χ4n) is 4.11. The number of fused-ring (bicyclic) bond motifs is 2. The lowest BCUT2D eigenvalue weighted by atomic mass is 9.73. The summed E-state index contributed by atoms with van der Waals surface area (Å²) in [6, 6.07) is 7.24. The van der Waals surface area contributed by atoms with Gasteiger partial charge >= 0.3 is 0 Å². The first-order valence-corrected chi connectivity index (χ1v) is 9.27. The molecule has 2 heterocycles. The first-order chi connectivity index (χ1) is 10.7. The van der Waals surface area contributed by atoms with E-state index in [0.29, 0.717) is 23.6 Å². The maximum Gasteiger partial charge on any atom is 0.139 e. The Hall–Kier alpha value is -1.26. The minimum absolute atomic E-state index is 0.283. The van der Waals surface area contributed by atoms with Crippen molar-refractivity contribution in [3.8, 4) is 0 Å². The summed E-state index contributed by atoms with van der Waals surface area (Å²) in [6.07, 6.45) is 4.56. The fraction of sp³-hybridized carbons (Fsp3) is 0.500. The molecule has 0 radical (unpaired) electrons. The summed E-state index contributed by atoms with van der Waals surface area (Å²) >= 11 is 1.79. The van der Waals surface area contributed by atoms with Crippen molar-refractivity contribution in [3.05, 3.63) is 35.5 Å². The van der Waals surface area contributed by atoms with Crippen LogP contribution in [0.2, 0.25) is 0 Å². The van der Waals surface area contributed by atoms with Gasteiger partial charge in [-0.1, -0.05) is 12.1 Å². The number of aromatic nitrogens is 1. The molecule has 1 aromatic carbocycles. The van der Waals surface area contributed by atoms with E-state index in [1.54, 1.807) is 18.7 Å². The molecule has 1 aliphatic heterocycles. The summed E-state index contributed by atoms with van der Waals surface area (Å²) in [6.45, 7) is 2.76. The lowest BCUT2D eigenvalue weighted by molar-refractivity contribution is -0.114. The number of rotatable bonds is 4. The van der Waals surface area contributed by atoms with Crippen LogP contribution in [-0.4, -0.2) is 34.9 Å². The molecule has 4 heteroatoms. The second kappa shape index (κ2) is 5.74. The molecule has 3 nitrogen and oxygen atoms in total. The number of benzene rings is 1. The third-order valence-corrected chi connectivity index (χ3v) is 6.38. The monoisotopic (exact) mass is 314 g/mol. The van der Waals surface area contributed by atoms with E-state index in [0.717, 1.165) is 18.7 Å². The molecule has 1 aliphatic carbocycles. The van der Waals surface area contributed by atoms with Gasteiger partial charge in [0.15, 0.2) is 0 Å². The van der Waals surface area contributed by atoms with Crippen LogP contribution in [0.3, 0.4) is 0 Å². The summed E-state index contributed by atoms with van der Waals surface area (Å²) < 4.78 is 0. The molecule has 22 heavy (non-hydrogen) atoms. The Balaban J connectivity index is 1.55. The number of H-pyrrole nitrogens is 1. The van der Waals surface area contributed by atoms with Gasteiger partial charge in [-0.15, -0.1) is 0 Å². The quantitative estimate of drug-likeness (QED) is 0.911. The Morgan fingerprint density at radius 1 is 1.41 bits per heavy atom. The van der Waals surface area contributed by atoms with Gasteiger partial charge in [0, 0.05) is 29.1 Å². The number of thioether (sulfide) groups is 1. The molecule has 3 atom stereocenters. The van der Waals surface area contributed by atoms with Crippen LogP contribution in [0.1, 0.15) is 30.4 Å². The zero-order chi connectivity index (χ0) is 15.1. The molecule has 2 aromatic rings. The third kappa shape index (κ3) is 2.48. The van der Waals surface area contributed by atoms with Crippen molar-refractivity contribution in [3.63, 3.8) is 0 Å². The van der Waals surface area contributed by atoms with Gasteiger partial charge in [-0.05, 0) is 55.2 Å². The van der Waals surface area contributed by atoms with Gasteiger partial charge in [0.25, 0.3) is 0 Å². The molecule has 1 fully saturated rings. The maximum absolute atomic E-state index is 11.1. The molecule has 0 spiro atoms. The maximum atomic E-state index is 11.1. The zero-order valence-electron chi connectivity index (χ0n) is 12.9. The summed E-state index contributed by atoms with van der Waals surface area (Å²) in [4.78, 5) is 14.5. The first-order valence-electron chi connectivity index (χ1n) is 8.12. The number of piperidine rings is 1. The van der Waals surface area contributed by atoms with Crippen molar-refractivity contribution in [1.29, 1.82) is 0 Å². The van der Waals surface area contributed by atoms with Crippen molar-refractivity contribution in [2.75, 3.05) is 18.1 Å². The normalized spacial score (nSPS) is 26.9. The van der Waals surface area contributed by atoms with Crippen LogP contribution in [0.25, 0.3) is 10.9 Å². The molecule has 1 aromatic heterocycles. The number of nitrogens with one attached hydrogen (secondary N) is 2. The van der Waals surface area contributed by atoms with Gasteiger partial charge < -0.3 is 10.3 Å². The molecule has 0 bridgehead atoms. The average Bonchev–Trinajstić information content (AvgIpc) is 2.92. The van der Waals surface area contributed by atoms with E-state index in [1.165, 1.54) is 28.5 Å². The molecule has 2 aliphatic rings. The number of ketones is 1. The molecule has 1 unspecified atom stereocenters. The molecular weight excluding hydrogens is 292 g/mol. The molecule has 1 saturated heterocycles. The van der Waals surface area contributed by atoms with Crippen molar-refractivity contribution in [2.45, 2.75) is 31.7 Å². The number of Topliss-reactive ketones (excluding diaryl/α,β-unsaturated/α-hetero) is 1. The topological polar surface area (TPSA) is 44.9 Å². The fourth-order valence-corrected chi connectivity index (χ4v) is 5.11. The smallest absolute Gasteiger partial charge is 0.139 e. The van der Waals surface area contributed by atoms with Gasteiger partial charge in [-0.2, -0.15) is 11.8 Å². The highest BCUT2D eigenvalue weighted by Gasteiger charge is 2.36. The van der Waals surface area contributed by atoms with E-state index in [9.17, 15) is 4.79 Å². The van der Waals surface area contributed by atoms with E-state index < -0.39 is 0 Å². The van der Waals surface area contributed by atoms with E-state index in [2.05, 4.69) is 34.7 Å². The van der Waals surface area contributed by atoms with Gasteiger partial charge in [0.05, 0.1) is 5.75 Å². The number of hydrogen-bond donors (Lipinski definition) is 2. The zero-order valence-corrected chi connectivity index (χ0v) is 13.7. The van der Waals surface area contributed by atoms with Crippen LogP contribution in [0.5, 0.6) is 0 Å². The minimum Gasteiger partial charge on any atom is -0.361 e. The van der Waals surface area contributed by atoms with Crippen molar-refractivity contribution in [1.82, 2.24) is 10.3 Å². The lowest BCUT2D eigenvalue weighted by Crippen LogP contribution is -2.47. The predicted molar refractivity (Wildman–Crippen MR) is 92.6 cm³/mol. The summed E-state index contributed by atoms with van der Waals surface area (Å²) in [5.41, 5.74) is 4.25. The standard InChI is InChI=1S/C18H22N2OS/c1-11(21)9-22-10-12-5-15-14-3-2-4-16-18(14)13(8-20-16)6-17(15)19-7-12/h2-4,8,12,15,17,19-20H,5-7,9-10H2,1H3/t12-,15?,17-/m1/s1. The lowest BCUT2D eigenvalue weighted by Gasteiger charge is -2.40. The summed E-state index contributed by atoms with van der Waals surface area (Å²) in [7, 11) is 0. The highest BCUT2D eigenvalue weighted by molar-refractivity contribution is 7.99. The third-order valence-electron chi connectivity index (χ3n) is 5.06. The van der Waals surface area contributed by atoms with E-state index >= 15 is 0 Å². The van der Waals surface area contributed by atoms with Crippen molar-refractivity contribution >= 4 is 28.4 Å². The van der Waals surface area contributed by atoms with Crippen LogP contribution in [0, 0.1) is 5.92 Å². The predicted octanol–water partition coefficient (Wildman–Crippen LogP) is 3.11. The molecule has 0 saturated carbocycles. The van der Waals surface area contributed by atoms with Gasteiger partial charge in [-0.3, -0.25) is 4.79 Å². The average molecular weight is 314 g/mol. The van der Waals surface area contributed by atoms with Crippen LogP contribution >= 0.6 is 11.8 Å². The number of hydrogen-bond acceptors (Lipinski definition) is 3. The second-order valence-electron chi connectivity index (χ2n) is 6.73. The van der Waals surface area contributed by atoms with E-state index in [-0.39, 0.29) is 5.78 Å². The van der Waals surface area contributed by atoms with Gasteiger partial charge in [0.1, 0.15) is 5.78 Å². The van der Waals surface area contributed by atoms with Gasteiger partial charge in [-0.25, -0.2) is 0 Å². The number of aromatic amines is 1. The highest BCUT2D eigenvalue weighted by atomic mass is 32.2. The Morgan fingerprint density at radius 2 is 2.32 bits per heavy atom. The van der Waals surface area contributed by atoms with Crippen LogP contribution in [-0.2, 0) is 11.2 Å². The SMILES string of the molecule is CC(=O)CSC[C@H]1CN[C@@H]2Cc3c[nH]c4cccc(c34)C2C1. The number of carbonyl (C=O) groups excluding carboxylic acids is 1. The van der Waals surface area contributed by atoms with Crippen molar-refractivity contribution in [2.24, 2.45) is 5.92 Å². The van der Waals surface area contributed by atoms with Gasteiger partial charge in [0.2, 0.25) is 0 Å².